The van der Waals surface area contributed by atoms with Gasteiger partial charge in [-0.1, -0.05) is 12.0 Å². The molecule has 0 radical (unpaired) electrons. The van der Waals surface area contributed by atoms with Gasteiger partial charge in [-0.3, -0.25) is 0 Å². The molecule has 0 aromatic heterocycles. The molecule has 0 aromatic rings. The summed E-state index contributed by atoms with van der Waals surface area (Å²) in [5.41, 5.74) is -1.11. The molecule has 0 N–H and O–H groups in total. The van der Waals surface area contributed by atoms with Crippen molar-refractivity contribution in [2.24, 2.45) is 0 Å². The molecule has 0 heterocycles. The quantitative estimate of drug-likeness (QED) is 0.262. The van der Waals surface area contributed by atoms with Crippen molar-refractivity contribution >= 4 is 12.6 Å². The fraction of sp³-hybridized carbons (Fsp3) is 0.500. The van der Waals surface area contributed by atoms with Crippen LogP contribution in [0, 0.1) is 12.3 Å². The first-order valence-corrected chi connectivity index (χ1v) is 5.79. The Labute approximate surface area is 118 Å². The maximum Gasteiger partial charge on any atom is 0.422 e. The van der Waals surface area contributed by atoms with Crippen molar-refractivity contribution in [1.29, 1.82) is 0 Å². The van der Waals surface area contributed by atoms with Crippen LogP contribution in [0.5, 0.6) is 0 Å². The van der Waals surface area contributed by atoms with Gasteiger partial charge in [0, 0.05) is 6.42 Å². The van der Waals surface area contributed by atoms with Crippen LogP contribution in [-0.2, 0) is 4.74 Å². The summed E-state index contributed by atoms with van der Waals surface area (Å²) in [7, 11) is 0. The summed E-state index contributed by atoms with van der Waals surface area (Å²) in [6.45, 7) is -0.215. The van der Waals surface area contributed by atoms with Gasteiger partial charge in [0.15, 0.2) is 6.61 Å². The van der Waals surface area contributed by atoms with Crippen molar-refractivity contribution in [2.75, 3.05) is 6.61 Å². The molecule has 0 fully saturated rings. The third-order valence-corrected chi connectivity index (χ3v) is 2.47. The molecule has 0 bridgehead atoms. The van der Waals surface area contributed by atoms with E-state index in [0.29, 0.717) is 6.08 Å². The van der Waals surface area contributed by atoms with Gasteiger partial charge in [0.25, 0.3) is 0 Å². The minimum atomic E-state index is -4.71. The second-order valence-electron chi connectivity index (χ2n) is 3.59. The summed E-state index contributed by atoms with van der Waals surface area (Å²) in [6, 6.07) is 0. The van der Waals surface area contributed by atoms with E-state index in [9.17, 15) is 26.3 Å². The lowest BCUT2D eigenvalue weighted by Crippen LogP contribution is -2.20. The van der Waals surface area contributed by atoms with E-state index < -0.39 is 36.2 Å². The molecule has 20 heavy (non-hydrogen) atoms. The molecule has 1 nitrogen and oxygen atoms in total. The Morgan fingerprint density at radius 2 is 1.85 bits per heavy atom. The van der Waals surface area contributed by atoms with E-state index in [-0.39, 0.29) is 5.76 Å². The molecule has 0 spiro atoms. The zero-order valence-electron chi connectivity index (χ0n) is 10.3. The van der Waals surface area contributed by atoms with E-state index in [0.717, 1.165) is 6.08 Å². The largest absolute Gasteiger partial charge is 0.488 e. The zero-order chi connectivity index (χ0) is 16.0. The maximum absolute atomic E-state index is 12.6. The number of alkyl halides is 6. The molecule has 1 atom stereocenters. The number of ether oxygens (including phenoxy) is 1. The van der Waals surface area contributed by atoms with E-state index in [1.807, 2.05) is 0 Å². The van der Waals surface area contributed by atoms with E-state index in [4.69, 9.17) is 6.42 Å². The minimum Gasteiger partial charge on any atom is -0.488 e. The highest BCUT2D eigenvalue weighted by Gasteiger charge is 2.36. The summed E-state index contributed by atoms with van der Waals surface area (Å²) < 4.78 is 78.1. The normalized spacial score (nSPS) is 15.8. The third kappa shape index (κ3) is 7.38. The summed E-state index contributed by atoms with van der Waals surface area (Å²) in [5, 5.41) is -1.49. The number of rotatable bonds is 5. The molecule has 0 aliphatic carbocycles. The molecule has 0 aromatic carbocycles. The van der Waals surface area contributed by atoms with Gasteiger partial charge in [-0.15, -0.1) is 6.42 Å². The summed E-state index contributed by atoms with van der Waals surface area (Å²) in [4.78, 5) is 0. The Kier molecular flexibility index (Phi) is 7.06. The van der Waals surface area contributed by atoms with Crippen molar-refractivity contribution in [3.05, 3.63) is 23.5 Å². The monoisotopic (exact) mass is 318 g/mol. The van der Waals surface area contributed by atoms with Crippen molar-refractivity contribution in [2.45, 2.75) is 30.9 Å². The van der Waals surface area contributed by atoms with Crippen molar-refractivity contribution < 1.29 is 31.1 Å². The Morgan fingerprint density at radius 1 is 1.30 bits per heavy atom. The number of terminal acetylenes is 1. The van der Waals surface area contributed by atoms with Gasteiger partial charge in [-0.2, -0.15) is 39.0 Å². The van der Waals surface area contributed by atoms with Crippen molar-refractivity contribution in [1.82, 2.24) is 0 Å². The maximum atomic E-state index is 12.6. The van der Waals surface area contributed by atoms with Crippen LogP contribution in [0.3, 0.4) is 0 Å². The van der Waals surface area contributed by atoms with E-state index in [2.05, 4.69) is 17.4 Å². The van der Waals surface area contributed by atoms with Crippen molar-refractivity contribution in [3.8, 4) is 12.3 Å². The van der Waals surface area contributed by atoms with E-state index in [1.54, 1.807) is 5.92 Å². The highest BCUT2D eigenvalue weighted by atomic mass is 32.1. The van der Waals surface area contributed by atoms with Crippen LogP contribution < -0.4 is 0 Å². The second kappa shape index (κ2) is 7.53. The molecule has 0 aliphatic rings. The van der Waals surface area contributed by atoms with Crippen LogP contribution in [-0.4, -0.2) is 24.2 Å². The highest BCUT2D eigenvalue weighted by Crippen LogP contribution is 2.31. The minimum absolute atomic E-state index is 0.235. The molecule has 114 valence electrons. The van der Waals surface area contributed by atoms with E-state index in [1.165, 1.54) is 6.92 Å². The van der Waals surface area contributed by atoms with Crippen LogP contribution in [0.1, 0.15) is 13.3 Å². The number of allylic oxidation sites excluding steroid dienone is 2. The molecule has 0 aliphatic heterocycles. The SMILES string of the molecule is C#CC(S)/C(=C\C/C(=C\C)OCC(F)(F)F)C(F)(F)F. The third-order valence-electron chi connectivity index (χ3n) is 2.05. The van der Waals surface area contributed by atoms with Crippen LogP contribution in [0.25, 0.3) is 0 Å². The fourth-order valence-electron chi connectivity index (χ4n) is 1.12. The first-order valence-electron chi connectivity index (χ1n) is 5.27. The number of halogens is 6. The number of thiol groups is 1. The summed E-state index contributed by atoms with van der Waals surface area (Å²) in [5.74, 6) is 1.57. The molecule has 0 amide bonds. The Morgan fingerprint density at radius 3 is 2.20 bits per heavy atom. The lowest BCUT2D eigenvalue weighted by atomic mass is 10.1. The van der Waals surface area contributed by atoms with Crippen LogP contribution in [0.4, 0.5) is 26.3 Å². The average molecular weight is 318 g/mol. The van der Waals surface area contributed by atoms with Gasteiger partial charge < -0.3 is 4.74 Å². The topological polar surface area (TPSA) is 9.23 Å². The Balaban J connectivity index is 4.89. The standard InChI is InChI=1S/C12H12F6OS/c1-3-8(19-7-11(13,14)15)5-6-9(10(20)4-2)12(16,17)18/h2-3,6,10,20H,5,7H2,1H3/b8-3+,9-6+. The van der Waals surface area contributed by atoms with Crippen LogP contribution >= 0.6 is 12.6 Å². The Bertz CT molecular complexity index is 413. The van der Waals surface area contributed by atoms with Crippen LogP contribution in [0.2, 0.25) is 0 Å². The molecular formula is C12H12F6OS. The predicted molar refractivity (Wildman–Crippen MR) is 66.1 cm³/mol. The lowest BCUT2D eigenvalue weighted by Gasteiger charge is -2.15. The Hall–Kier alpha value is -1.23. The van der Waals surface area contributed by atoms with Gasteiger partial charge in [0.2, 0.25) is 0 Å². The number of hydrogen-bond acceptors (Lipinski definition) is 2. The van der Waals surface area contributed by atoms with Crippen LogP contribution in [0.15, 0.2) is 23.5 Å². The molecule has 8 heteroatoms. The number of hydrogen-bond donors (Lipinski definition) is 1. The fourth-order valence-corrected chi connectivity index (χ4v) is 1.37. The van der Waals surface area contributed by atoms with E-state index >= 15 is 0 Å². The molecular weight excluding hydrogens is 306 g/mol. The predicted octanol–water partition coefficient (Wildman–Crippen LogP) is 4.28. The van der Waals surface area contributed by atoms with Gasteiger partial charge in [0.05, 0.1) is 16.6 Å². The molecule has 0 rings (SSSR count). The lowest BCUT2D eigenvalue weighted by molar-refractivity contribution is -0.165. The average Bonchev–Trinajstić information content (AvgIpc) is 2.30. The second-order valence-corrected chi connectivity index (χ2v) is 4.11. The van der Waals surface area contributed by atoms with Gasteiger partial charge in [-0.05, 0) is 13.0 Å². The van der Waals surface area contributed by atoms with Gasteiger partial charge >= 0.3 is 12.4 Å². The smallest absolute Gasteiger partial charge is 0.422 e. The summed E-state index contributed by atoms with van der Waals surface area (Å²) in [6.07, 6.45) is -3.04. The van der Waals surface area contributed by atoms with Crippen molar-refractivity contribution in [3.63, 3.8) is 0 Å². The van der Waals surface area contributed by atoms with Gasteiger partial charge in [0.1, 0.15) is 0 Å². The first kappa shape index (κ1) is 18.8. The summed E-state index contributed by atoms with van der Waals surface area (Å²) >= 11 is 3.58. The molecule has 0 saturated heterocycles. The first-order chi connectivity index (χ1) is 9.01. The molecule has 1 unspecified atom stereocenters. The zero-order valence-corrected chi connectivity index (χ0v) is 11.2. The highest BCUT2D eigenvalue weighted by molar-refractivity contribution is 7.81. The van der Waals surface area contributed by atoms with Gasteiger partial charge in [-0.25, -0.2) is 0 Å². The molecule has 0 saturated carbocycles.